The Labute approximate surface area is 149 Å². The molecule has 3 aromatic heterocycles. The monoisotopic (exact) mass is 351 g/mol. The van der Waals surface area contributed by atoms with Crippen LogP contribution in [0.5, 0.6) is 5.88 Å². The van der Waals surface area contributed by atoms with Crippen molar-refractivity contribution in [3.8, 4) is 17.1 Å². The van der Waals surface area contributed by atoms with Crippen molar-refractivity contribution in [1.82, 2.24) is 30.2 Å². The number of hydrogen-bond acceptors (Lipinski definition) is 7. The SMILES string of the molecule is CCOc1ccc(-c2cncc(C(=O)N/N=C/c3ccnn3C)n2)cn1. The molecule has 0 aromatic carbocycles. The first-order valence-corrected chi connectivity index (χ1v) is 7.90. The third-order valence-corrected chi connectivity index (χ3v) is 3.41. The second kappa shape index (κ2) is 7.97. The third-order valence-electron chi connectivity index (χ3n) is 3.41. The zero-order chi connectivity index (χ0) is 18.4. The molecule has 9 heteroatoms. The Morgan fingerprint density at radius 1 is 1.31 bits per heavy atom. The number of nitrogens with zero attached hydrogens (tertiary/aromatic N) is 6. The lowest BCUT2D eigenvalue weighted by atomic mass is 10.2. The van der Waals surface area contributed by atoms with Crippen LogP contribution in [-0.4, -0.2) is 43.5 Å². The maximum Gasteiger partial charge on any atom is 0.291 e. The van der Waals surface area contributed by atoms with Crippen molar-refractivity contribution in [2.45, 2.75) is 6.92 Å². The summed E-state index contributed by atoms with van der Waals surface area (Å²) < 4.78 is 6.94. The lowest BCUT2D eigenvalue weighted by molar-refractivity contribution is 0.0950. The van der Waals surface area contributed by atoms with Gasteiger partial charge < -0.3 is 4.74 Å². The van der Waals surface area contributed by atoms with Crippen molar-refractivity contribution in [2.75, 3.05) is 6.61 Å². The predicted molar refractivity (Wildman–Crippen MR) is 94.7 cm³/mol. The van der Waals surface area contributed by atoms with Gasteiger partial charge in [0, 0.05) is 31.1 Å². The number of aromatic nitrogens is 5. The van der Waals surface area contributed by atoms with E-state index >= 15 is 0 Å². The number of ether oxygens (including phenoxy) is 1. The van der Waals surface area contributed by atoms with Gasteiger partial charge in [-0.3, -0.25) is 14.5 Å². The molecule has 0 aliphatic carbocycles. The van der Waals surface area contributed by atoms with Gasteiger partial charge in [-0.25, -0.2) is 15.4 Å². The normalized spacial score (nSPS) is 10.8. The Hall–Kier alpha value is -3.62. The van der Waals surface area contributed by atoms with E-state index in [0.717, 1.165) is 11.3 Å². The van der Waals surface area contributed by atoms with Crippen molar-refractivity contribution >= 4 is 12.1 Å². The highest BCUT2D eigenvalue weighted by Gasteiger charge is 2.09. The number of pyridine rings is 1. The third kappa shape index (κ3) is 4.07. The molecule has 0 unspecified atom stereocenters. The summed E-state index contributed by atoms with van der Waals surface area (Å²) in [4.78, 5) is 24.7. The van der Waals surface area contributed by atoms with Crippen LogP contribution in [0, 0.1) is 0 Å². The second-order valence-corrected chi connectivity index (χ2v) is 5.19. The number of carbonyl (C=O) groups excluding carboxylic acids is 1. The largest absolute Gasteiger partial charge is 0.478 e. The molecule has 3 aromatic rings. The summed E-state index contributed by atoms with van der Waals surface area (Å²) in [6, 6.07) is 5.32. The summed E-state index contributed by atoms with van der Waals surface area (Å²) in [5.41, 5.74) is 4.59. The van der Waals surface area contributed by atoms with E-state index in [1.54, 1.807) is 42.5 Å². The number of hydrazone groups is 1. The summed E-state index contributed by atoms with van der Waals surface area (Å²) in [5.74, 6) is 0.0688. The molecule has 1 N–H and O–H groups in total. The fourth-order valence-electron chi connectivity index (χ4n) is 2.10. The molecule has 0 radical (unpaired) electrons. The van der Waals surface area contributed by atoms with Gasteiger partial charge in [0.15, 0.2) is 0 Å². The molecule has 0 atom stereocenters. The number of amides is 1. The second-order valence-electron chi connectivity index (χ2n) is 5.19. The highest BCUT2D eigenvalue weighted by atomic mass is 16.5. The van der Waals surface area contributed by atoms with Gasteiger partial charge in [-0.2, -0.15) is 10.2 Å². The first kappa shape index (κ1) is 17.2. The van der Waals surface area contributed by atoms with Crippen LogP contribution in [-0.2, 0) is 7.05 Å². The average molecular weight is 351 g/mol. The molecule has 26 heavy (non-hydrogen) atoms. The Morgan fingerprint density at radius 3 is 2.88 bits per heavy atom. The molecule has 0 spiro atoms. The van der Waals surface area contributed by atoms with Gasteiger partial charge in [0.05, 0.1) is 36.6 Å². The zero-order valence-electron chi connectivity index (χ0n) is 14.3. The van der Waals surface area contributed by atoms with Crippen LogP contribution in [0.1, 0.15) is 23.1 Å². The molecule has 0 saturated carbocycles. The van der Waals surface area contributed by atoms with Crippen molar-refractivity contribution in [3.05, 3.63) is 54.4 Å². The standard InChI is InChI=1S/C17H17N7O2/c1-3-26-16-5-4-12(8-19-16)14-10-18-11-15(22-14)17(25)23-20-9-13-6-7-21-24(13)2/h4-11H,3H2,1-2H3,(H,23,25)/b20-9+. The zero-order valence-corrected chi connectivity index (χ0v) is 14.3. The summed E-state index contributed by atoms with van der Waals surface area (Å²) >= 11 is 0. The minimum absolute atomic E-state index is 0.151. The number of aryl methyl sites for hydroxylation is 1. The molecule has 0 fully saturated rings. The van der Waals surface area contributed by atoms with E-state index in [1.165, 1.54) is 12.4 Å². The van der Waals surface area contributed by atoms with E-state index < -0.39 is 5.91 Å². The van der Waals surface area contributed by atoms with Crippen LogP contribution in [0.2, 0.25) is 0 Å². The van der Waals surface area contributed by atoms with E-state index in [1.807, 2.05) is 13.0 Å². The molecule has 9 nitrogen and oxygen atoms in total. The van der Waals surface area contributed by atoms with Gasteiger partial charge in [0.25, 0.3) is 5.91 Å². The number of nitrogens with one attached hydrogen (secondary N) is 1. The van der Waals surface area contributed by atoms with E-state index in [2.05, 4.69) is 30.6 Å². The molecular weight excluding hydrogens is 334 g/mol. The highest BCUT2D eigenvalue weighted by Crippen LogP contribution is 2.17. The smallest absolute Gasteiger partial charge is 0.291 e. The Bertz CT molecular complexity index is 919. The quantitative estimate of drug-likeness (QED) is 0.532. The van der Waals surface area contributed by atoms with Gasteiger partial charge in [0.2, 0.25) is 5.88 Å². The molecule has 3 heterocycles. The fraction of sp³-hybridized carbons (Fsp3) is 0.176. The first-order chi connectivity index (χ1) is 12.7. The van der Waals surface area contributed by atoms with Crippen molar-refractivity contribution < 1.29 is 9.53 Å². The first-order valence-electron chi connectivity index (χ1n) is 7.90. The molecule has 0 bridgehead atoms. The summed E-state index contributed by atoms with van der Waals surface area (Å²) in [5, 5.41) is 7.91. The van der Waals surface area contributed by atoms with E-state index in [-0.39, 0.29) is 5.69 Å². The van der Waals surface area contributed by atoms with Crippen LogP contribution in [0.4, 0.5) is 0 Å². The van der Waals surface area contributed by atoms with Crippen LogP contribution in [0.3, 0.4) is 0 Å². The molecule has 132 valence electrons. The van der Waals surface area contributed by atoms with Crippen LogP contribution in [0.25, 0.3) is 11.3 Å². The van der Waals surface area contributed by atoms with Crippen molar-refractivity contribution in [1.29, 1.82) is 0 Å². The molecule has 0 saturated heterocycles. The van der Waals surface area contributed by atoms with Crippen LogP contribution >= 0.6 is 0 Å². The number of carbonyl (C=O) groups is 1. The van der Waals surface area contributed by atoms with E-state index in [9.17, 15) is 4.79 Å². The molecule has 0 aliphatic heterocycles. The Balaban J connectivity index is 1.71. The van der Waals surface area contributed by atoms with Crippen LogP contribution in [0.15, 0.2) is 48.1 Å². The molecule has 3 rings (SSSR count). The molecular formula is C17H17N7O2. The van der Waals surface area contributed by atoms with Gasteiger partial charge >= 0.3 is 0 Å². The maximum absolute atomic E-state index is 12.2. The number of hydrogen-bond donors (Lipinski definition) is 1. The van der Waals surface area contributed by atoms with E-state index in [4.69, 9.17) is 4.74 Å². The van der Waals surface area contributed by atoms with Crippen molar-refractivity contribution in [3.63, 3.8) is 0 Å². The topological polar surface area (TPSA) is 107 Å². The number of rotatable bonds is 6. The minimum Gasteiger partial charge on any atom is -0.478 e. The Kier molecular flexibility index (Phi) is 5.28. The maximum atomic E-state index is 12.2. The van der Waals surface area contributed by atoms with Gasteiger partial charge in [0.1, 0.15) is 5.69 Å². The molecule has 1 amide bonds. The minimum atomic E-state index is -0.461. The molecule has 0 aliphatic rings. The van der Waals surface area contributed by atoms with Crippen molar-refractivity contribution in [2.24, 2.45) is 12.1 Å². The van der Waals surface area contributed by atoms with Gasteiger partial charge in [-0.15, -0.1) is 0 Å². The lowest BCUT2D eigenvalue weighted by Crippen LogP contribution is -2.19. The van der Waals surface area contributed by atoms with Crippen LogP contribution < -0.4 is 10.2 Å². The summed E-state index contributed by atoms with van der Waals surface area (Å²) in [7, 11) is 1.78. The highest BCUT2D eigenvalue weighted by molar-refractivity contribution is 5.93. The predicted octanol–water partition coefficient (Wildman–Crippen LogP) is 1.43. The summed E-state index contributed by atoms with van der Waals surface area (Å²) in [6.45, 7) is 2.43. The summed E-state index contributed by atoms with van der Waals surface area (Å²) in [6.07, 6.45) is 7.70. The fourth-order valence-corrected chi connectivity index (χ4v) is 2.10. The lowest BCUT2D eigenvalue weighted by Gasteiger charge is -2.05. The van der Waals surface area contributed by atoms with E-state index in [0.29, 0.717) is 18.2 Å². The Morgan fingerprint density at radius 2 is 2.19 bits per heavy atom. The van der Waals surface area contributed by atoms with Gasteiger partial charge in [-0.1, -0.05) is 0 Å². The average Bonchev–Trinajstić information content (AvgIpc) is 3.07. The van der Waals surface area contributed by atoms with Gasteiger partial charge in [-0.05, 0) is 19.1 Å².